The first kappa shape index (κ1) is 19.3. The third-order valence-corrected chi connectivity index (χ3v) is 8.63. The van der Waals surface area contributed by atoms with Crippen molar-refractivity contribution in [1.29, 1.82) is 0 Å². The van der Waals surface area contributed by atoms with Crippen LogP contribution in [-0.4, -0.2) is 27.7 Å². The van der Waals surface area contributed by atoms with Gasteiger partial charge >= 0.3 is 0 Å². The molecule has 26 heavy (non-hydrogen) atoms. The van der Waals surface area contributed by atoms with Gasteiger partial charge in [0.1, 0.15) is 4.21 Å². The summed E-state index contributed by atoms with van der Waals surface area (Å²) in [7, 11) is -7.29. The maximum absolute atomic E-state index is 12.5. The second kappa shape index (κ2) is 6.93. The molecule has 0 saturated carbocycles. The molecule has 11 heteroatoms. The van der Waals surface area contributed by atoms with Gasteiger partial charge in [-0.15, -0.1) is 22.3 Å². The van der Waals surface area contributed by atoms with Gasteiger partial charge in [-0.1, -0.05) is 29.0 Å². The van der Waals surface area contributed by atoms with E-state index < -0.39 is 19.9 Å². The molecule has 0 radical (unpaired) electrons. The zero-order valence-corrected chi connectivity index (χ0v) is 17.4. The third kappa shape index (κ3) is 3.79. The van der Waals surface area contributed by atoms with E-state index in [4.69, 9.17) is 11.6 Å². The number of hydrogen-bond acceptors (Lipinski definition) is 6. The summed E-state index contributed by atoms with van der Waals surface area (Å²) in [5.41, 5.74) is 0.681. The summed E-state index contributed by atoms with van der Waals surface area (Å²) in [5.74, 6) is 0. The van der Waals surface area contributed by atoms with Crippen molar-refractivity contribution in [1.82, 2.24) is 4.57 Å². The first-order valence-electron chi connectivity index (χ1n) is 7.12. The van der Waals surface area contributed by atoms with Crippen molar-refractivity contribution in [3.05, 3.63) is 52.1 Å². The number of sulfone groups is 1. The van der Waals surface area contributed by atoms with E-state index >= 15 is 0 Å². The van der Waals surface area contributed by atoms with E-state index in [0.717, 1.165) is 28.9 Å². The lowest BCUT2D eigenvalue weighted by Crippen LogP contribution is -2.16. The fraction of sp³-hybridized carbons (Fsp3) is 0.133. The maximum Gasteiger partial charge on any atom is 0.294 e. The lowest BCUT2D eigenvalue weighted by atomic mass is 10.3. The molecule has 0 N–H and O–H groups in total. The molecule has 0 amide bonds. The number of thiophene rings is 1. The van der Waals surface area contributed by atoms with Gasteiger partial charge in [0, 0.05) is 12.8 Å². The molecule has 3 aromatic rings. The van der Waals surface area contributed by atoms with Gasteiger partial charge in [0.25, 0.3) is 10.0 Å². The monoisotopic (exact) mass is 448 g/mol. The molecule has 6 nitrogen and oxygen atoms in total. The van der Waals surface area contributed by atoms with Gasteiger partial charge in [-0.25, -0.2) is 8.42 Å². The highest BCUT2D eigenvalue weighted by molar-refractivity contribution is 7.92. The fourth-order valence-corrected chi connectivity index (χ4v) is 6.71. The fourth-order valence-electron chi connectivity index (χ4n) is 2.24. The van der Waals surface area contributed by atoms with E-state index in [1.165, 1.54) is 24.3 Å². The molecular formula is C15H13ClN2O4S4. The predicted molar refractivity (Wildman–Crippen MR) is 105 cm³/mol. The van der Waals surface area contributed by atoms with Crippen LogP contribution < -0.4 is 4.80 Å². The molecule has 0 atom stereocenters. The van der Waals surface area contributed by atoms with Gasteiger partial charge in [-0.05, 0) is 30.3 Å². The van der Waals surface area contributed by atoms with Crippen LogP contribution in [0, 0.1) is 0 Å². The average Bonchev–Trinajstić information content (AvgIpc) is 3.11. The van der Waals surface area contributed by atoms with Crippen molar-refractivity contribution in [3.8, 4) is 0 Å². The number of sulfonamides is 1. The van der Waals surface area contributed by atoms with Crippen LogP contribution in [0.5, 0.6) is 0 Å². The van der Waals surface area contributed by atoms with Crippen molar-refractivity contribution in [2.45, 2.75) is 15.6 Å². The molecule has 1 aromatic carbocycles. The number of thiazole rings is 1. The Balaban J connectivity index is 2.27. The molecule has 2 aromatic heterocycles. The highest BCUT2D eigenvalue weighted by Crippen LogP contribution is 2.27. The SMILES string of the molecule is C=CCn1/c(=N/S(=O)(=O)c2ccc(Cl)s2)sc2cc(S(C)(=O)=O)ccc21. The largest absolute Gasteiger partial charge is 0.312 e. The van der Waals surface area contributed by atoms with Crippen molar-refractivity contribution in [2.75, 3.05) is 6.26 Å². The standard InChI is InChI=1S/C15H13ClN2O4S4/c1-3-8-18-11-5-4-10(25(2,19)20)9-12(11)23-15(18)17-26(21,22)14-7-6-13(16)24-14/h3-7,9H,1,8H2,2H3/b17-15-. The Morgan fingerprint density at radius 2 is 1.92 bits per heavy atom. The molecule has 0 bridgehead atoms. The number of nitrogens with zero attached hydrogens (tertiary/aromatic N) is 2. The Labute approximate surface area is 163 Å². The summed E-state index contributed by atoms with van der Waals surface area (Å²) < 4.78 is 55.2. The molecule has 0 fully saturated rings. The van der Waals surface area contributed by atoms with Crippen LogP contribution in [0.4, 0.5) is 0 Å². The Hall–Kier alpha value is -1.46. The van der Waals surface area contributed by atoms with Crippen LogP contribution in [0.25, 0.3) is 10.2 Å². The third-order valence-electron chi connectivity index (χ3n) is 3.40. The molecule has 0 aliphatic heterocycles. The van der Waals surface area contributed by atoms with Gasteiger partial charge in [-0.2, -0.15) is 8.42 Å². The molecule has 0 aliphatic carbocycles. The van der Waals surface area contributed by atoms with E-state index in [1.807, 2.05) is 0 Å². The number of rotatable bonds is 5. The summed E-state index contributed by atoms with van der Waals surface area (Å²) in [6.07, 6.45) is 2.74. The van der Waals surface area contributed by atoms with E-state index in [9.17, 15) is 16.8 Å². The van der Waals surface area contributed by atoms with Crippen molar-refractivity contribution in [3.63, 3.8) is 0 Å². The van der Waals surface area contributed by atoms with Gasteiger partial charge in [0.05, 0.1) is 19.4 Å². The topological polar surface area (TPSA) is 85.6 Å². The van der Waals surface area contributed by atoms with Crippen LogP contribution in [0.3, 0.4) is 0 Å². The van der Waals surface area contributed by atoms with Gasteiger partial charge in [-0.3, -0.25) is 0 Å². The summed E-state index contributed by atoms with van der Waals surface area (Å²) in [4.78, 5) is 0.395. The highest BCUT2D eigenvalue weighted by Gasteiger charge is 2.18. The minimum Gasteiger partial charge on any atom is -0.312 e. The summed E-state index contributed by atoms with van der Waals surface area (Å²) >= 11 is 7.84. The number of allylic oxidation sites excluding steroid dienone is 1. The summed E-state index contributed by atoms with van der Waals surface area (Å²) in [5, 5.41) is 0. The Morgan fingerprint density at radius 3 is 2.50 bits per heavy atom. The predicted octanol–water partition coefficient (Wildman–Crippen LogP) is 3.30. The molecule has 0 aliphatic rings. The van der Waals surface area contributed by atoms with Crippen LogP contribution in [0.2, 0.25) is 4.34 Å². The number of benzene rings is 1. The highest BCUT2D eigenvalue weighted by atomic mass is 35.5. The van der Waals surface area contributed by atoms with Crippen LogP contribution >= 0.6 is 34.3 Å². The zero-order chi connectivity index (χ0) is 19.1. The van der Waals surface area contributed by atoms with Crippen molar-refractivity contribution >= 4 is 64.4 Å². The number of fused-ring (bicyclic) bond motifs is 1. The molecule has 138 valence electrons. The van der Waals surface area contributed by atoms with E-state index in [0.29, 0.717) is 21.1 Å². The maximum atomic E-state index is 12.5. The van der Waals surface area contributed by atoms with Crippen LogP contribution in [0.15, 0.2) is 56.5 Å². The molecular weight excluding hydrogens is 436 g/mol. The van der Waals surface area contributed by atoms with Gasteiger partial charge < -0.3 is 4.57 Å². The van der Waals surface area contributed by atoms with E-state index in [2.05, 4.69) is 11.0 Å². The summed E-state index contributed by atoms with van der Waals surface area (Å²) in [6, 6.07) is 7.54. The Morgan fingerprint density at radius 1 is 1.19 bits per heavy atom. The molecule has 0 spiro atoms. The van der Waals surface area contributed by atoms with Crippen molar-refractivity contribution < 1.29 is 16.8 Å². The molecule has 3 rings (SSSR count). The number of halogens is 1. The second-order valence-electron chi connectivity index (χ2n) is 5.31. The van der Waals surface area contributed by atoms with E-state index in [1.54, 1.807) is 16.7 Å². The zero-order valence-electron chi connectivity index (χ0n) is 13.4. The lowest BCUT2D eigenvalue weighted by molar-refractivity contribution is 0.597. The molecule has 0 saturated heterocycles. The Bertz CT molecular complexity index is 1280. The summed E-state index contributed by atoms with van der Waals surface area (Å²) in [6.45, 7) is 4.01. The Kier molecular flexibility index (Phi) is 5.15. The molecule has 0 unspecified atom stereocenters. The van der Waals surface area contributed by atoms with Crippen LogP contribution in [-0.2, 0) is 26.4 Å². The van der Waals surface area contributed by atoms with Gasteiger partial charge in [0.2, 0.25) is 4.80 Å². The smallest absolute Gasteiger partial charge is 0.294 e. The minimum absolute atomic E-state index is 0.0435. The minimum atomic E-state index is -3.92. The first-order valence-corrected chi connectivity index (χ1v) is 12.5. The molecule has 2 heterocycles. The van der Waals surface area contributed by atoms with Crippen LogP contribution in [0.1, 0.15) is 0 Å². The lowest BCUT2D eigenvalue weighted by Gasteiger charge is -2.02. The first-order chi connectivity index (χ1) is 12.1. The quantitative estimate of drug-likeness (QED) is 0.560. The van der Waals surface area contributed by atoms with Crippen molar-refractivity contribution in [2.24, 2.45) is 4.40 Å². The second-order valence-corrected chi connectivity index (χ2v) is 11.9. The van der Waals surface area contributed by atoms with Gasteiger partial charge in [0.15, 0.2) is 9.84 Å². The number of hydrogen-bond donors (Lipinski definition) is 0. The normalized spacial score (nSPS) is 13.4. The van der Waals surface area contributed by atoms with E-state index in [-0.39, 0.29) is 13.9 Å². The average molecular weight is 449 g/mol. The number of aromatic nitrogens is 1.